The number of nitrogens with two attached hydrogens (primary N) is 1. The minimum absolute atomic E-state index is 0.167. The lowest BCUT2D eigenvalue weighted by molar-refractivity contribution is -0.138. The molecule has 16 heavy (non-hydrogen) atoms. The van der Waals surface area contributed by atoms with Crippen LogP contribution in [0.25, 0.3) is 0 Å². The number of hydrogen-bond donors (Lipinski definition) is 1. The van der Waals surface area contributed by atoms with Gasteiger partial charge in [-0.2, -0.15) is 13.2 Å². The maximum absolute atomic E-state index is 12.8. The highest BCUT2D eigenvalue weighted by Gasteiger charge is 2.37. The molecule has 0 fully saturated rings. The van der Waals surface area contributed by atoms with Gasteiger partial charge in [0.15, 0.2) is 0 Å². The van der Waals surface area contributed by atoms with E-state index in [0.29, 0.717) is 6.42 Å². The van der Waals surface area contributed by atoms with Crippen molar-refractivity contribution >= 4 is 17.3 Å². The Kier molecular flexibility index (Phi) is 3.73. The molecule has 0 heterocycles. The van der Waals surface area contributed by atoms with Crippen LogP contribution in [0.15, 0.2) is 12.1 Å². The molecule has 0 amide bonds. The number of nitrogen functional groups attached to an aromatic ring is 1. The second-order valence-electron chi connectivity index (χ2n) is 3.77. The van der Waals surface area contributed by atoms with E-state index < -0.39 is 11.7 Å². The summed E-state index contributed by atoms with van der Waals surface area (Å²) in [6.07, 6.45) is -3.84. The molecule has 1 atom stereocenters. The Morgan fingerprint density at radius 3 is 2.38 bits per heavy atom. The highest BCUT2D eigenvalue weighted by molar-refractivity contribution is 6.31. The van der Waals surface area contributed by atoms with Gasteiger partial charge in [-0.05, 0) is 30.0 Å². The van der Waals surface area contributed by atoms with Gasteiger partial charge in [-0.25, -0.2) is 0 Å². The summed E-state index contributed by atoms with van der Waals surface area (Å²) in [6.45, 7) is 3.54. The van der Waals surface area contributed by atoms with Crippen LogP contribution in [0.2, 0.25) is 5.02 Å². The molecule has 90 valence electrons. The Morgan fingerprint density at radius 1 is 1.38 bits per heavy atom. The van der Waals surface area contributed by atoms with Crippen LogP contribution in [0.3, 0.4) is 0 Å². The van der Waals surface area contributed by atoms with E-state index in [1.54, 1.807) is 6.92 Å². The minimum Gasteiger partial charge on any atom is -0.399 e. The lowest BCUT2D eigenvalue weighted by atomic mass is 9.93. The van der Waals surface area contributed by atoms with E-state index in [2.05, 4.69) is 0 Å². The Balaban J connectivity index is 3.44. The SMILES string of the molecule is CCC(C)c1cc(N)cc(Cl)c1C(F)(F)F. The van der Waals surface area contributed by atoms with E-state index in [1.165, 1.54) is 6.07 Å². The normalized spacial score (nSPS) is 13.9. The molecule has 1 aromatic carbocycles. The summed E-state index contributed by atoms with van der Waals surface area (Å²) in [5.41, 5.74) is 5.17. The molecular formula is C11H13ClF3N. The molecule has 1 rings (SSSR count). The van der Waals surface area contributed by atoms with Crippen LogP contribution in [-0.2, 0) is 6.18 Å². The van der Waals surface area contributed by atoms with Crippen LogP contribution in [0, 0.1) is 0 Å². The first-order valence-corrected chi connectivity index (χ1v) is 5.31. The highest BCUT2D eigenvalue weighted by atomic mass is 35.5. The first kappa shape index (κ1) is 13.2. The van der Waals surface area contributed by atoms with Crippen LogP contribution >= 0.6 is 11.6 Å². The van der Waals surface area contributed by atoms with Gasteiger partial charge in [0.25, 0.3) is 0 Å². The number of alkyl halides is 3. The van der Waals surface area contributed by atoms with E-state index in [4.69, 9.17) is 17.3 Å². The van der Waals surface area contributed by atoms with Crippen LogP contribution in [0.5, 0.6) is 0 Å². The zero-order valence-electron chi connectivity index (χ0n) is 9.03. The molecule has 5 heteroatoms. The molecule has 0 aliphatic carbocycles. The number of rotatable bonds is 2. The van der Waals surface area contributed by atoms with Crippen molar-refractivity contribution in [3.8, 4) is 0 Å². The summed E-state index contributed by atoms with van der Waals surface area (Å²) in [5.74, 6) is -0.224. The molecule has 1 nitrogen and oxygen atoms in total. The van der Waals surface area contributed by atoms with E-state index in [9.17, 15) is 13.2 Å². The second kappa shape index (κ2) is 4.53. The van der Waals surface area contributed by atoms with Crippen molar-refractivity contribution in [3.63, 3.8) is 0 Å². The molecule has 2 N–H and O–H groups in total. The molecule has 0 aliphatic rings. The number of benzene rings is 1. The fraction of sp³-hybridized carbons (Fsp3) is 0.455. The zero-order valence-corrected chi connectivity index (χ0v) is 9.78. The van der Waals surface area contributed by atoms with Gasteiger partial charge < -0.3 is 5.73 Å². The molecule has 0 aromatic heterocycles. The first-order chi connectivity index (χ1) is 7.27. The smallest absolute Gasteiger partial charge is 0.399 e. The van der Waals surface area contributed by atoms with E-state index in [1.807, 2.05) is 6.92 Å². The highest BCUT2D eigenvalue weighted by Crippen LogP contribution is 2.41. The van der Waals surface area contributed by atoms with Crippen molar-refractivity contribution in [1.29, 1.82) is 0 Å². The van der Waals surface area contributed by atoms with E-state index in [-0.39, 0.29) is 22.2 Å². The lowest BCUT2D eigenvalue weighted by Gasteiger charge is -2.19. The molecule has 0 spiro atoms. The zero-order chi connectivity index (χ0) is 12.5. The predicted octanol–water partition coefficient (Wildman–Crippen LogP) is 4.45. The van der Waals surface area contributed by atoms with Gasteiger partial charge in [0.05, 0.1) is 10.6 Å². The summed E-state index contributed by atoms with van der Waals surface area (Å²) in [5, 5.41) is -0.331. The summed E-state index contributed by atoms with van der Waals surface area (Å²) in [7, 11) is 0. The Morgan fingerprint density at radius 2 is 1.94 bits per heavy atom. The van der Waals surface area contributed by atoms with E-state index in [0.717, 1.165) is 6.07 Å². The van der Waals surface area contributed by atoms with Crippen LogP contribution < -0.4 is 5.73 Å². The molecule has 0 radical (unpaired) electrons. The third-order valence-electron chi connectivity index (χ3n) is 2.57. The maximum Gasteiger partial charge on any atom is 0.418 e. The summed E-state index contributed by atoms with van der Waals surface area (Å²) < 4.78 is 38.4. The fourth-order valence-electron chi connectivity index (χ4n) is 1.56. The van der Waals surface area contributed by atoms with Crippen molar-refractivity contribution in [2.45, 2.75) is 32.4 Å². The lowest BCUT2D eigenvalue weighted by Crippen LogP contribution is -2.12. The standard InChI is InChI=1S/C11H13ClF3N/c1-3-6(2)8-4-7(16)5-9(12)10(8)11(13,14)15/h4-6H,3,16H2,1-2H3. The third-order valence-corrected chi connectivity index (χ3v) is 2.87. The summed E-state index contributed by atoms with van der Waals surface area (Å²) in [4.78, 5) is 0. The van der Waals surface area contributed by atoms with Crippen LogP contribution in [0.4, 0.5) is 18.9 Å². The topological polar surface area (TPSA) is 26.0 Å². The summed E-state index contributed by atoms with van der Waals surface area (Å²) in [6, 6.07) is 2.49. The molecule has 0 saturated heterocycles. The largest absolute Gasteiger partial charge is 0.418 e. The van der Waals surface area contributed by atoms with Crippen molar-refractivity contribution in [2.75, 3.05) is 5.73 Å². The molecule has 0 saturated carbocycles. The van der Waals surface area contributed by atoms with Gasteiger partial charge in [0, 0.05) is 5.69 Å². The first-order valence-electron chi connectivity index (χ1n) is 4.93. The molecule has 0 bridgehead atoms. The number of halogens is 4. The third kappa shape index (κ3) is 2.61. The van der Waals surface area contributed by atoms with Crippen molar-refractivity contribution < 1.29 is 13.2 Å². The Hall–Kier alpha value is -0.900. The quantitative estimate of drug-likeness (QED) is 0.772. The van der Waals surface area contributed by atoms with Crippen LogP contribution in [-0.4, -0.2) is 0 Å². The Bertz CT molecular complexity index is 388. The molecular weight excluding hydrogens is 239 g/mol. The van der Waals surface area contributed by atoms with Crippen molar-refractivity contribution in [1.82, 2.24) is 0 Å². The van der Waals surface area contributed by atoms with Crippen molar-refractivity contribution in [2.24, 2.45) is 0 Å². The van der Waals surface area contributed by atoms with Gasteiger partial charge >= 0.3 is 6.18 Å². The van der Waals surface area contributed by atoms with Gasteiger partial charge in [0.1, 0.15) is 0 Å². The van der Waals surface area contributed by atoms with Crippen LogP contribution in [0.1, 0.15) is 37.3 Å². The van der Waals surface area contributed by atoms with Gasteiger partial charge in [0.2, 0.25) is 0 Å². The maximum atomic E-state index is 12.8. The van der Waals surface area contributed by atoms with Gasteiger partial charge in [-0.3, -0.25) is 0 Å². The number of anilines is 1. The number of hydrogen-bond acceptors (Lipinski definition) is 1. The Labute approximate surface area is 97.4 Å². The predicted molar refractivity (Wildman–Crippen MR) is 59.6 cm³/mol. The molecule has 1 unspecified atom stereocenters. The average Bonchev–Trinajstić information content (AvgIpc) is 2.12. The fourth-order valence-corrected chi connectivity index (χ4v) is 1.90. The van der Waals surface area contributed by atoms with E-state index >= 15 is 0 Å². The average molecular weight is 252 g/mol. The summed E-state index contributed by atoms with van der Waals surface area (Å²) >= 11 is 5.62. The molecule has 0 aliphatic heterocycles. The minimum atomic E-state index is -4.44. The molecule has 1 aromatic rings. The van der Waals surface area contributed by atoms with Crippen molar-refractivity contribution in [3.05, 3.63) is 28.3 Å². The monoisotopic (exact) mass is 251 g/mol. The van der Waals surface area contributed by atoms with Gasteiger partial charge in [-0.1, -0.05) is 25.4 Å². The van der Waals surface area contributed by atoms with Gasteiger partial charge in [-0.15, -0.1) is 0 Å². The second-order valence-corrected chi connectivity index (χ2v) is 4.18.